The molecule has 0 aliphatic carbocycles. The molecular weight excluding hydrogens is 451 g/mol. The Morgan fingerprint density at radius 1 is 1.18 bits per heavy atom. The van der Waals surface area contributed by atoms with Crippen LogP contribution in [0.25, 0.3) is 16.7 Å². The lowest BCUT2D eigenvalue weighted by Crippen LogP contribution is -2.42. The minimum Gasteiger partial charge on any atom is -0.370 e. The van der Waals surface area contributed by atoms with Crippen LogP contribution in [-0.2, 0) is 9.53 Å². The van der Waals surface area contributed by atoms with Gasteiger partial charge in [0, 0.05) is 12.1 Å². The zero-order valence-corrected chi connectivity index (χ0v) is 18.3. The number of carbonyl (C=O) groups excluding carboxylic acids is 1. The van der Waals surface area contributed by atoms with E-state index >= 15 is 0 Å². The molecule has 4 aromatic rings. The third-order valence-corrected chi connectivity index (χ3v) is 5.71. The molecular formula is C22H20F3N7O2. The first kappa shape index (κ1) is 22.0. The molecule has 1 aromatic carbocycles. The highest BCUT2D eigenvalue weighted by Gasteiger charge is 2.26. The van der Waals surface area contributed by atoms with Gasteiger partial charge in [0.2, 0.25) is 0 Å². The fraction of sp³-hybridized carbons (Fsp3) is 0.318. The van der Waals surface area contributed by atoms with Crippen molar-refractivity contribution in [1.82, 2.24) is 24.6 Å². The maximum absolute atomic E-state index is 14.8. The summed E-state index contributed by atoms with van der Waals surface area (Å²) in [5.74, 6) is -0.408. The van der Waals surface area contributed by atoms with Crippen LogP contribution < -0.4 is 10.2 Å². The van der Waals surface area contributed by atoms with E-state index in [9.17, 15) is 18.0 Å². The molecule has 0 spiro atoms. The number of morpholine rings is 1. The van der Waals surface area contributed by atoms with Gasteiger partial charge in [-0.25, -0.2) is 23.1 Å². The third kappa shape index (κ3) is 3.69. The number of alkyl halides is 2. The zero-order chi connectivity index (χ0) is 24.0. The maximum Gasteiger partial charge on any atom is 0.266 e. The highest BCUT2D eigenvalue weighted by Crippen LogP contribution is 2.33. The molecule has 1 saturated heterocycles. The Kier molecular flexibility index (Phi) is 5.52. The highest BCUT2D eigenvalue weighted by molar-refractivity contribution is 6.02. The number of carbonyl (C=O) groups is 1. The summed E-state index contributed by atoms with van der Waals surface area (Å²) in [5, 5.41) is 11.8. The van der Waals surface area contributed by atoms with Crippen LogP contribution >= 0.6 is 0 Å². The molecule has 12 heteroatoms. The molecule has 1 atom stereocenters. The summed E-state index contributed by atoms with van der Waals surface area (Å²) < 4.78 is 48.0. The Balaban J connectivity index is 1.64. The first-order chi connectivity index (χ1) is 16.3. The van der Waals surface area contributed by atoms with E-state index in [2.05, 4.69) is 25.5 Å². The normalized spacial score (nSPS) is 15.5. The number of halogens is 3. The highest BCUT2D eigenvalue weighted by atomic mass is 19.3. The number of pyridine rings is 1. The Morgan fingerprint density at radius 3 is 2.74 bits per heavy atom. The number of aryl methyl sites for hydroxylation is 1. The monoisotopic (exact) mass is 471 g/mol. The average Bonchev–Trinajstić information content (AvgIpc) is 3.29. The van der Waals surface area contributed by atoms with Crippen molar-refractivity contribution in [3.8, 4) is 0 Å². The van der Waals surface area contributed by atoms with Crippen molar-refractivity contribution in [3.05, 3.63) is 53.4 Å². The number of hydrogen-bond donors (Lipinski definition) is 1. The Bertz CT molecular complexity index is 1410. The van der Waals surface area contributed by atoms with Crippen LogP contribution in [0.3, 0.4) is 0 Å². The molecule has 176 valence electrons. The van der Waals surface area contributed by atoms with E-state index in [4.69, 9.17) is 4.74 Å². The molecule has 0 saturated carbocycles. The predicted octanol–water partition coefficient (Wildman–Crippen LogP) is 3.59. The minimum absolute atomic E-state index is 0.0510. The van der Waals surface area contributed by atoms with Crippen LogP contribution in [0, 0.1) is 12.7 Å². The topological polar surface area (TPSA) is 97.5 Å². The van der Waals surface area contributed by atoms with E-state index in [1.807, 2.05) is 0 Å². The van der Waals surface area contributed by atoms with Crippen molar-refractivity contribution in [2.24, 2.45) is 0 Å². The number of amides is 1. The largest absolute Gasteiger partial charge is 0.370 e. The quantitative estimate of drug-likeness (QED) is 0.475. The molecule has 4 heterocycles. The van der Waals surface area contributed by atoms with Gasteiger partial charge in [0.15, 0.2) is 11.3 Å². The first-order valence-electron chi connectivity index (χ1n) is 10.6. The van der Waals surface area contributed by atoms with Gasteiger partial charge in [0.1, 0.15) is 30.4 Å². The molecule has 0 radical (unpaired) electrons. The van der Waals surface area contributed by atoms with E-state index in [0.29, 0.717) is 47.2 Å². The molecule has 3 aromatic heterocycles. The van der Waals surface area contributed by atoms with Crippen LogP contribution in [0.4, 0.5) is 24.7 Å². The molecule has 0 unspecified atom stereocenters. The molecule has 0 bridgehead atoms. The summed E-state index contributed by atoms with van der Waals surface area (Å²) in [5.41, 5.74) is 0.849. The van der Waals surface area contributed by atoms with Crippen molar-refractivity contribution in [2.75, 3.05) is 30.0 Å². The maximum atomic E-state index is 14.8. The standard InChI is InChI=1S/C22H20F3N7O2/c1-11(13-4-3-5-14(18(13)23)19(24)25)27-20-15-8-16(31-6-7-34-9-17(31)33)22-30-26-10-32(22)21(15)29-12(2)28-20/h3-5,8,10-11,19H,6-7,9H2,1-2H3,(H,27,28,29)/t11-/m1/s1. The molecule has 1 N–H and O–H groups in total. The smallest absolute Gasteiger partial charge is 0.266 e. The van der Waals surface area contributed by atoms with E-state index in [1.54, 1.807) is 29.2 Å². The van der Waals surface area contributed by atoms with Gasteiger partial charge in [-0.2, -0.15) is 0 Å². The van der Waals surface area contributed by atoms with Crippen molar-refractivity contribution in [1.29, 1.82) is 0 Å². The van der Waals surface area contributed by atoms with Gasteiger partial charge in [-0.3, -0.25) is 9.20 Å². The SMILES string of the molecule is Cc1nc(N[C@H](C)c2cccc(C(F)F)c2F)c2cc(N3CCOCC3=O)c3nncn3c2n1. The summed E-state index contributed by atoms with van der Waals surface area (Å²) in [7, 11) is 0. The fourth-order valence-corrected chi connectivity index (χ4v) is 4.08. The van der Waals surface area contributed by atoms with Gasteiger partial charge in [0.25, 0.3) is 12.3 Å². The number of ether oxygens (including phenoxy) is 1. The number of aromatic nitrogens is 5. The summed E-state index contributed by atoms with van der Waals surface area (Å²) in [6.07, 6.45) is -1.44. The number of nitrogens with one attached hydrogen (secondary N) is 1. The fourth-order valence-electron chi connectivity index (χ4n) is 4.08. The molecule has 1 aliphatic rings. The van der Waals surface area contributed by atoms with Crippen LogP contribution in [-0.4, -0.2) is 50.2 Å². The first-order valence-corrected chi connectivity index (χ1v) is 10.6. The second-order valence-corrected chi connectivity index (χ2v) is 7.93. The Labute approximate surface area is 191 Å². The molecule has 34 heavy (non-hydrogen) atoms. The summed E-state index contributed by atoms with van der Waals surface area (Å²) in [6, 6.07) is 4.94. The van der Waals surface area contributed by atoms with Gasteiger partial charge in [-0.05, 0) is 19.9 Å². The van der Waals surface area contributed by atoms with Crippen molar-refractivity contribution in [2.45, 2.75) is 26.3 Å². The van der Waals surface area contributed by atoms with Gasteiger partial charge in [0.05, 0.1) is 29.3 Å². The van der Waals surface area contributed by atoms with Crippen LogP contribution in [0.1, 0.15) is 36.3 Å². The summed E-state index contributed by atoms with van der Waals surface area (Å²) in [6.45, 7) is 4.01. The van der Waals surface area contributed by atoms with Crippen molar-refractivity contribution >= 4 is 34.1 Å². The lowest BCUT2D eigenvalue weighted by Gasteiger charge is -2.27. The molecule has 9 nitrogen and oxygen atoms in total. The molecule has 1 aliphatic heterocycles. The van der Waals surface area contributed by atoms with Crippen LogP contribution in [0.2, 0.25) is 0 Å². The lowest BCUT2D eigenvalue weighted by atomic mass is 10.0. The predicted molar refractivity (Wildman–Crippen MR) is 117 cm³/mol. The van der Waals surface area contributed by atoms with Crippen molar-refractivity contribution in [3.63, 3.8) is 0 Å². The van der Waals surface area contributed by atoms with Crippen LogP contribution in [0.5, 0.6) is 0 Å². The number of rotatable bonds is 5. The lowest BCUT2D eigenvalue weighted by molar-refractivity contribution is -0.125. The average molecular weight is 471 g/mol. The van der Waals surface area contributed by atoms with Gasteiger partial charge < -0.3 is 15.0 Å². The molecule has 1 fully saturated rings. The molecule has 5 rings (SSSR count). The van der Waals surface area contributed by atoms with E-state index in [0.717, 1.165) is 6.07 Å². The van der Waals surface area contributed by atoms with Crippen molar-refractivity contribution < 1.29 is 22.7 Å². The van der Waals surface area contributed by atoms with E-state index < -0.39 is 23.8 Å². The van der Waals surface area contributed by atoms with Gasteiger partial charge in [-0.1, -0.05) is 18.2 Å². The molecule has 1 amide bonds. The summed E-state index contributed by atoms with van der Waals surface area (Å²) >= 11 is 0. The Hall–Kier alpha value is -3.80. The number of anilines is 2. The van der Waals surface area contributed by atoms with E-state index in [1.165, 1.54) is 18.5 Å². The van der Waals surface area contributed by atoms with Crippen LogP contribution in [0.15, 0.2) is 30.6 Å². The third-order valence-electron chi connectivity index (χ3n) is 5.71. The second-order valence-electron chi connectivity index (χ2n) is 7.93. The summed E-state index contributed by atoms with van der Waals surface area (Å²) in [4.78, 5) is 23.1. The van der Waals surface area contributed by atoms with E-state index in [-0.39, 0.29) is 18.1 Å². The zero-order valence-electron chi connectivity index (χ0n) is 18.3. The van der Waals surface area contributed by atoms with Gasteiger partial charge in [-0.15, -0.1) is 10.2 Å². The number of nitrogens with zero attached hydrogens (tertiary/aromatic N) is 6. The van der Waals surface area contributed by atoms with Gasteiger partial charge >= 0.3 is 0 Å². The number of benzene rings is 1. The minimum atomic E-state index is -2.93. The second kappa shape index (κ2) is 8.52. The number of hydrogen-bond acceptors (Lipinski definition) is 7. The Morgan fingerprint density at radius 2 is 1.97 bits per heavy atom. The number of fused-ring (bicyclic) bond motifs is 3.